The van der Waals surface area contributed by atoms with Gasteiger partial charge in [-0.05, 0) is 41.8 Å². The summed E-state index contributed by atoms with van der Waals surface area (Å²) in [5.41, 5.74) is -2.16. The molecule has 4 rings (SSSR count). The van der Waals surface area contributed by atoms with Crippen LogP contribution in [0.5, 0.6) is 0 Å². The molecule has 3 aromatic rings. The van der Waals surface area contributed by atoms with Crippen LogP contribution in [0.3, 0.4) is 0 Å². The molecule has 0 unspecified atom stereocenters. The van der Waals surface area contributed by atoms with Gasteiger partial charge in [0, 0.05) is 50.9 Å². The first-order valence-electron chi connectivity index (χ1n) is 11.5. The molecular formula is C26H24F6N4O. The van der Waals surface area contributed by atoms with Gasteiger partial charge >= 0.3 is 12.4 Å². The number of carbonyl (C=O) groups excluding carboxylic acids is 1. The van der Waals surface area contributed by atoms with Gasteiger partial charge in [0.1, 0.15) is 0 Å². The van der Waals surface area contributed by atoms with Crippen LogP contribution in [0.25, 0.3) is 0 Å². The van der Waals surface area contributed by atoms with E-state index in [2.05, 4.69) is 9.97 Å². The highest BCUT2D eigenvalue weighted by atomic mass is 19.4. The highest BCUT2D eigenvalue weighted by Crippen LogP contribution is 2.38. The van der Waals surface area contributed by atoms with Crippen molar-refractivity contribution in [3.8, 4) is 0 Å². The maximum absolute atomic E-state index is 13.5. The van der Waals surface area contributed by atoms with Crippen molar-refractivity contribution in [2.24, 2.45) is 5.92 Å². The summed E-state index contributed by atoms with van der Waals surface area (Å²) in [6.45, 7) is 0.509. The van der Waals surface area contributed by atoms with Gasteiger partial charge in [-0.1, -0.05) is 30.3 Å². The zero-order valence-electron chi connectivity index (χ0n) is 19.8. The molecular weight excluding hydrogens is 498 g/mol. The summed E-state index contributed by atoms with van der Waals surface area (Å²) in [5.74, 6) is -0.638. The summed E-state index contributed by atoms with van der Waals surface area (Å²) < 4.78 is 79.7. The molecule has 0 radical (unpaired) electrons. The fourth-order valence-electron chi connectivity index (χ4n) is 4.67. The Kier molecular flexibility index (Phi) is 7.42. The van der Waals surface area contributed by atoms with Crippen LogP contribution < -0.4 is 4.90 Å². The van der Waals surface area contributed by atoms with Crippen molar-refractivity contribution < 1.29 is 31.1 Å². The fourth-order valence-corrected chi connectivity index (χ4v) is 4.67. The van der Waals surface area contributed by atoms with Gasteiger partial charge in [-0.2, -0.15) is 26.3 Å². The van der Waals surface area contributed by atoms with E-state index < -0.39 is 35.9 Å². The van der Waals surface area contributed by atoms with E-state index in [-0.39, 0.29) is 23.5 Å². The lowest BCUT2D eigenvalue weighted by atomic mass is 9.80. The number of rotatable bonds is 5. The van der Waals surface area contributed by atoms with Crippen molar-refractivity contribution in [3.63, 3.8) is 0 Å². The first kappa shape index (κ1) is 26.4. The molecule has 1 fully saturated rings. The van der Waals surface area contributed by atoms with Crippen LogP contribution in [0, 0.1) is 5.92 Å². The van der Waals surface area contributed by atoms with Gasteiger partial charge in [0.05, 0.1) is 11.1 Å². The second-order valence-electron chi connectivity index (χ2n) is 9.02. The van der Waals surface area contributed by atoms with Crippen LogP contribution in [-0.4, -0.2) is 40.9 Å². The van der Waals surface area contributed by atoms with Gasteiger partial charge in [-0.3, -0.25) is 4.79 Å². The van der Waals surface area contributed by atoms with Crippen molar-refractivity contribution in [2.45, 2.75) is 31.2 Å². The summed E-state index contributed by atoms with van der Waals surface area (Å²) in [6.07, 6.45) is -6.26. The minimum Gasteiger partial charge on any atom is -0.341 e. The molecule has 1 amide bonds. The van der Waals surface area contributed by atoms with Crippen molar-refractivity contribution in [2.75, 3.05) is 25.0 Å². The summed E-state index contributed by atoms with van der Waals surface area (Å²) >= 11 is 0. The highest BCUT2D eigenvalue weighted by Gasteiger charge is 2.39. The maximum atomic E-state index is 13.5. The van der Waals surface area contributed by atoms with Gasteiger partial charge in [0.15, 0.2) is 0 Å². The zero-order chi connectivity index (χ0) is 26.8. The number of amides is 1. The third-order valence-electron chi connectivity index (χ3n) is 6.44. The molecule has 1 saturated heterocycles. The Hall–Kier alpha value is -3.63. The number of benzene rings is 2. The molecule has 1 aromatic heterocycles. The van der Waals surface area contributed by atoms with Crippen LogP contribution in [0.15, 0.2) is 67.0 Å². The van der Waals surface area contributed by atoms with Gasteiger partial charge in [-0.15, -0.1) is 0 Å². The Morgan fingerprint density at radius 1 is 0.946 bits per heavy atom. The lowest BCUT2D eigenvalue weighted by Gasteiger charge is -2.39. The van der Waals surface area contributed by atoms with Gasteiger partial charge < -0.3 is 9.80 Å². The summed E-state index contributed by atoms with van der Waals surface area (Å²) in [5, 5.41) is 0. The number of hydrogen-bond donors (Lipinski definition) is 0. The molecule has 0 bridgehead atoms. The summed E-state index contributed by atoms with van der Waals surface area (Å²) in [6, 6.07) is 12.4. The van der Waals surface area contributed by atoms with Gasteiger partial charge in [-0.25, -0.2) is 9.97 Å². The molecule has 1 aliphatic rings. The van der Waals surface area contributed by atoms with Crippen LogP contribution >= 0.6 is 0 Å². The molecule has 37 heavy (non-hydrogen) atoms. The predicted octanol–water partition coefficient (Wildman–Crippen LogP) is 5.78. The number of nitrogens with zero attached hydrogens (tertiary/aromatic N) is 4. The molecule has 0 aliphatic carbocycles. The maximum Gasteiger partial charge on any atom is 0.416 e. The quantitative estimate of drug-likeness (QED) is 0.399. The van der Waals surface area contributed by atoms with Crippen LogP contribution in [-0.2, 0) is 23.7 Å². The zero-order valence-corrected chi connectivity index (χ0v) is 19.8. The minimum absolute atomic E-state index is 0.0815. The van der Waals surface area contributed by atoms with E-state index in [1.165, 1.54) is 11.9 Å². The molecule has 0 N–H and O–H groups in total. The molecule has 2 heterocycles. The standard InChI is InChI=1S/C26H24F6N4O/c1-35(15-17-12-19(25(27,28)29)14-20(13-17)26(30,31)32)23(37)21-8-11-36(24-33-9-5-10-34-24)16-22(21)18-6-3-2-4-7-18/h2-7,9-10,12-14,21-22H,8,11,15-16H2,1H3/t21-,22-/m0/s1. The molecule has 0 saturated carbocycles. The van der Waals surface area contributed by atoms with Crippen molar-refractivity contribution in [1.82, 2.24) is 14.9 Å². The first-order valence-corrected chi connectivity index (χ1v) is 11.5. The van der Waals surface area contributed by atoms with E-state index in [4.69, 9.17) is 0 Å². The summed E-state index contributed by atoms with van der Waals surface area (Å²) in [7, 11) is 1.39. The number of carbonyl (C=O) groups is 1. The molecule has 1 aliphatic heterocycles. The Balaban J connectivity index is 1.59. The highest BCUT2D eigenvalue weighted by molar-refractivity contribution is 5.80. The lowest BCUT2D eigenvalue weighted by Crippen LogP contribution is -2.46. The van der Waals surface area contributed by atoms with E-state index in [9.17, 15) is 31.1 Å². The average Bonchev–Trinajstić information content (AvgIpc) is 2.87. The van der Waals surface area contributed by atoms with Gasteiger partial charge in [0.25, 0.3) is 0 Å². The smallest absolute Gasteiger partial charge is 0.341 e. The number of halogens is 6. The number of hydrogen-bond acceptors (Lipinski definition) is 4. The van der Waals surface area contributed by atoms with E-state index >= 15 is 0 Å². The van der Waals surface area contributed by atoms with E-state index in [1.54, 1.807) is 18.5 Å². The second-order valence-corrected chi connectivity index (χ2v) is 9.02. The Morgan fingerprint density at radius 3 is 2.11 bits per heavy atom. The summed E-state index contributed by atoms with van der Waals surface area (Å²) in [4.78, 5) is 25.3. The van der Waals surface area contributed by atoms with Crippen molar-refractivity contribution >= 4 is 11.9 Å². The van der Waals surface area contributed by atoms with Crippen molar-refractivity contribution in [1.29, 1.82) is 0 Å². The van der Waals surface area contributed by atoms with Crippen LogP contribution in [0.4, 0.5) is 32.3 Å². The normalized spacial score (nSPS) is 18.5. The molecule has 11 heteroatoms. The average molecular weight is 522 g/mol. The Morgan fingerprint density at radius 2 is 1.54 bits per heavy atom. The van der Waals surface area contributed by atoms with E-state index in [1.807, 2.05) is 35.2 Å². The third-order valence-corrected chi connectivity index (χ3v) is 6.44. The molecule has 2 aromatic carbocycles. The lowest BCUT2D eigenvalue weighted by molar-refractivity contribution is -0.143. The van der Waals surface area contributed by atoms with Crippen LogP contribution in [0.1, 0.15) is 34.6 Å². The number of aromatic nitrogens is 2. The monoisotopic (exact) mass is 522 g/mol. The second kappa shape index (κ2) is 10.4. The molecule has 0 spiro atoms. The van der Waals surface area contributed by atoms with Gasteiger partial charge in [0.2, 0.25) is 11.9 Å². The Bertz CT molecular complexity index is 1180. The van der Waals surface area contributed by atoms with Crippen molar-refractivity contribution in [3.05, 3.63) is 89.2 Å². The molecule has 196 valence electrons. The largest absolute Gasteiger partial charge is 0.416 e. The van der Waals surface area contributed by atoms with E-state index in [0.717, 1.165) is 5.56 Å². The van der Waals surface area contributed by atoms with E-state index in [0.29, 0.717) is 37.6 Å². The number of alkyl halides is 6. The predicted molar refractivity (Wildman–Crippen MR) is 124 cm³/mol. The SMILES string of the molecule is CN(Cc1cc(C(F)(F)F)cc(C(F)(F)F)c1)C(=O)[C@H]1CCN(c2ncccn2)C[C@H]1c1ccccc1. The third kappa shape index (κ3) is 6.20. The van der Waals surface area contributed by atoms with Crippen LogP contribution in [0.2, 0.25) is 0 Å². The molecule has 5 nitrogen and oxygen atoms in total. The minimum atomic E-state index is -4.96. The number of piperidine rings is 1. The Labute approximate surface area is 209 Å². The fraction of sp³-hybridized carbons (Fsp3) is 0.346. The number of anilines is 1. The molecule has 2 atom stereocenters. The first-order chi connectivity index (χ1) is 17.4. The topological polar surface area (TPSA) is 49.3 Å².